The van der Waals surface area contributed by atoms with E-state index in [2.05, 4.69) is 5.32 Å². The predicted molar refractivity (Wildman–Crippen MR) is 108 cm³/mol. The first-order valence-corrected chi connectivity index (χ1v) is 11.0. The summed E-state index contributed by atoms with van der Waals surface area (Å²) in [5.74, 6) is 0.657. The van der Waals surface area contributed by atoms with Crippen LogP contribution < -0.4 is 5.32 Å². The first-order chi connectivity index (χ1) is 13.4. The van der Waals surface area contributed by atoms with Gasteiger partial charge >= 0.3 is 11.9 Å². The molecule has 1 N–H and O–H groups in total. The average molecular weight is 408 g/mol. The fourth-order valence-electron chi connectivity index (χ4n) is 4.64. The molecule has 3 rings (SSSR count). The molecule has 6 nitrogen and oxygen atoms in total. The third-order valence-electron chi connectivity index (χ3n) is 5.98. The van der Waals surface area contributed by atoms with E-state index in [1.54, 1.807) is 6.92 Å². The molecule has 2 aliphatic rings. The predicted octanol–water partition coefficient (Wildman–Crippen LogP) is 4.10. The van der Waals surface area contributed by atoms with Gasteiger partial charge in [0.25, 0.3) is 5.91 Å². The van der Waals surface area contributed by atoms with Gasteiger partial charge in [-0.3, -0.25) is 9.59 Å². The highest BCUT2D eigenvalue weighted by Crippen LogP contribution is 2.49. The fraction of sp³-hybridized carbons (Fsp3) is 0.667. The first-order valence-electron chi connectivity index (χ1n) is 10.2. The number of nitrogens with one attached hydrogen (secondary N) is 1. The van der Waals surface area contributed by atoms with E-state index < -0.39 is 11.9 Å². The van der Waals surface area contributed by atoms with Crippen LogP contribution >= 0.6 is 11.3 Å². The lowest BCUT2D eigenvalue weighted by molar-refractivity contribution is -0.148. The molecule has 1 heterocycles. The summed E-state index contributed by atoms with van der Waals surface area (Å²) in [7, 11) is 0. The highest BCUT2D eigenvalue weighted by molar-refractivity contribution is 7.17. The Kier molecular flexibility index (Phi) is 6.75. The summed E-state index contributed by atoms with van der Waals surface area (Å²) < 4.78 is 10.3. The minimum Gasteiger partial charge on any atom is -0.462 e. The highest BCUT2D eigenvalue weighted by atomic mass is 32.1. The minimum absolute atomic E-state index is 0.267. The van der Waals surface area contributed by atoms with Crippen molar-refractivity contribution in [3.63, 3.8) is 0 Å². The number of hydrogen-bond acceptors (Lipinski definition) is 6. The molecule has 1 aromatic rings. The van der Waals surface area contributed by atoms with Crippen LogP contribution in [0.15, 0.2) is 0 Å². The van der Waals surface area contributed by atoms with Gasteiger partial charge in [0.1, 0.15) is 5.00 Å². The van der Waals surface area contributed by atoms with E-state index >= 15 is 0 Å². The van der Waals surface area contributed by atoms with Gasteiger partial charge in [0.05, 0.1) is 12.2 Å². The lowest BCUT2D eigenvalue weighted by Crippen LogP contribution is -2.23. The van der Waals surface area contributed by atoms with Crippen LogP contribution in [0.2, 0.25) is 0 Å². The van der Waals surface area contributed by atoms with Gasteiger partial charge in [0.2, 0.25) is 0 Å². The second-order valence-corrected chi connectivity index (χ2v) is 8.88. The van der Waals surface area contributed by atoms with Crippen LogP contribution in [0, 0.1) is 24.7 Å². The second-order valence-electron chi connectivity index (χ2n) is 7.78. The van der Waals surface area contributed by atoms with Crippen LogP contribution in [0.5, 0.6) is 0 Å². The van der Waals surface area contributed by atoms with Crippen molar-refractivity contribution in [3.8, 4) is 0 Å². The topological polar surface area (TPSA) is 81.7 Å². The average Bonchev–Trinajstić information content (AvgIpc) is 3.34. The number of rotatable bonds is 8. The molecule has 0 saturated heterocycles. The molecule has 0 aliphatic heterocycles. The van der Waals surface area contributed by atoms with E-state index in [1.807, 2.05) is 13.8 Å². The van der Waals surface area contributed by atoms with Crippen LogP contribution in [-0.2, 0) is 25.5 Å². The molecule has 2 fully saturated rings. The van der Waals surface area contributed by atoms with Crippen molar-refractivity contribution in [3.05, 3.63) is 16.0 Å². The van der Waals surface area contributed by atoms with Crippen LogP contribution in [-0.4, -0.2) is 31.1 Å². The number of carbonyl (C=O) groups is 3. The van der Waals surface area contributed by atoms with Gasteiger partial charge in [-0.15, -0.1) is 11.3 Å². The highest BCUT2D eigenvalue weighted by Gasteiger charge is 2.40. The number of thiophene rings is 1. The van der Waals surface area contributed by atoms with E-state index in [9.17, 15) is 14.4 Å². The van der Waals surface area contributed by atoms with Gasteiger partial charge in [0, 0.05) is 11.3 Å². The van der Waals surface area contributed by atoms with E-state index in [-0.39, 0.29) is 19.2 Å². The summed E-state index contributed by atoms with van der Waals surface area (Å²) in [6.07, 6.45) is 6.03. The summed E-state index contributed by atoms with van der Waals surface area (Å²) in [5, 5.41) is 3.18. The van der Waals surface area contributed by atoms with Crippen LogP contribution in [0.25, 0.3) is 0 Å². The van der Waals surface area contributed by atoms with Crippen molar-refractivity contribution in [2.45, 2.75) is 59.3 Å². The van der Waals surface area contributed by atoms with Gasteiger partial charge in [-0.2, -0.15) is 0 Å². The Morgan fingerprint density at radius 2 is 1.93 bits per heavy atom. The van der Waals surface area contributed by atoms with Gasteiger partial charge in [-0.05, 0) is 62.8 Å². The molecular formula is C21H29NO5S. The molecule has 0 radical (unpaired) electrons. The molecule has 1 aromatic heterocycles. The van der Waals surface area contributed by atoms with E-state index in [1.165, 1.54) is 30.6 Å². The molecule has 2 aliphatic carbocycles. The molecule has 28 heavy (non-hydrogen) atoms. The van der Waals surface area contributed by atoms with E-state index in [0.29, 0.717) is 28.8 Å². The SMILES string of the molecule is CCOC(=O)c1c(NC(=O)COC(=O)C[C@@H]2C[C@H]3CC[C@@H]2C3)sc(CC)c1C. The molecule has 0 unspecified atom stereocenters. The maximum atomic E-state index is 12.3. The Morgan fingerprint density at radius 3 is 2.54 bits per heavy atom. The van der Waals surface area contributed by atoms with Crippen LogP contribution in [0.3, 0.4) is 0 Å². The first kappa shape index (κ1) is 20.8. The van der Waals surface area contributed by atoms with Gasteiger partial charge in [-0.1, -0.05) is 13.3 Å². The third kappa shape index (κ3) is 4.57. The summed E-state index contributed by atoms with van der Waals surface area (Å²) >= 11 is 1.36. The second kappa shape index (κ2) is 9.07. The number of ether oxygens (including phenoxy) is 2. The number of carbonyl (C=O) groups excluding carboxylic acids is 3. The standard InChI is InChI=1S/C21H29NO5S/c1-4-16-12(3)19(21(25)26-5-2)20(28-16)22-17(23)11-27-18(24)10-15-9-13-6-7-14(15)8-13/h13-15H,4-11H2,1-3H3,(H,22,23)/t13-,14+,15-/m0/s1. The lowest BCUT2D eigenvalue weighted by atomic mass is 9.86. The number of aryl methyl sites for hydroxylation is 1. The minimum atomic E-state index is -0.445. The van der Waals surface area contributed by atoms with Crippen LogP contribution in [0.4, 0.5) is 5.00 Å². The van der Waals surface area contributed by atoms with Crippen molar-refractivity contribution in [2.75, 3.05) is 18.5 Å². The van der Waals surface area contributed by atoms with E-state index in [0.717, 1.165) is 29.2 Å². The van der Waals surface area contributed by atoms with Crippen molar-refractivity contribution in [2.24, 2.45) is 17.8 Å². The molecule has 1 amide bonds. The van der Waals surface area contributed by atoms with Gasteiger partial charge in [0.15, 0.2) is 6.61 Å². The number of esters is 2. The molecular weight excluding hydrogens is 378 g/mol. The molecule has 0 aromatic carbocycles. The third-order valence-corrected chi connectivity index (χ3v) is 7.33. The smallest absolute Gasteiger partial charge is 0.341 e. The molecule has 154 valence electrons. The monoisotopic (exact) mass is 407 g/mol. The Hall–Kier alpha value is -1.89. The van der Waals surface area contributed by atoms with Crippen molar-refractivity contribution < 1.29 is 23.9 Å². The molecule has 2 bridgehead atoms. The quantitative estimate of drug-likeness (QED) is 0.656. The molecule has 0 spiro atoms. The summed E-state index contributed by atoms with van der Waals surface area (Å²) in [4.78, 5) is 37.7. The fourth-order valence-corrected chi connectivity index (χ4v) is 5.79. The number of amides is 1. The largest absolute Gasteiger partial charge is 0.462 e. The van der Waals surface area contributed by atoms with Crippen molar-refractivity contribution in [1.29, 1.82) is 0 Å². The maximum absolute atomic E-state index is 12.3. The molecule has 7 heteroatoms. The summed E-state index contributed by atoms with van der Waals surface area (Å²) in [6.45, 7) is 5.53. The Morgan fingerprint density at radius 1 is 1.14 bits per heavy atom. The number of anilines is 1. The Balaban J connectivity index is 1.54. The van der Waals surface area contributed by atoms with Gasteiger partial charge < -0.3 is 14.8 Å². The Labute approximate surface area is 170 Å². The lowest BCUT2D eigenvalue weighted by Gasteiger charge is -2.20. The zero-order chi connectivity index (χ0) is 20.3. The zero-order valence-corrected chi connectivity index (χ0v) is 17.7. The van der Waals surface area contributed by atoms with Crippen LogP contribution in [0.1, 0.15) is 66.8 Å². The molecule has 3 atom stereocenters. The maximum Gasteiger partial charge on any atom is 0.341 e. The zero-order valence-electron chi connectivity index (χ0n) is 16.8. The number of hydrogen-bond donors (Lipinski definition) is 1. The summed E-state index contributed by atoms with van der Waals surface area (Å²) in [6, 6.07) is 0. The van der Waals surface area contributed by atoms with E-state index in [4.69, 9.17) is 9.47 Å². The van der Waals surface area contributed by atoms with Crippen molar-refractivity contribution >= 4 is 34.2 Å². The summed E-state index contributed by atoms with van der Waals surface area (Å²) in [5.41, 5.74) is 1.22. The normalized spacial score (nSPS) is 22.9. The van der Waals surface area contributed by atoms with Crippen molar-refractivity contribution in [1.82, 2.24) is 0 Å². The van der Waals surface area contributed by atoms with Gasteiger partial charge in [-0.25, -0.2) is 4.79 Å². The Bertz CT molecular complexity index is 756. The number of fused-ring (bicyclic) bond motifs is 2. The molecule has 2 saturated carbocycles.